The minimum absolute atomic E-state index is 0. The second kappa shape index (κ2) is 11.1. The predicted molar refractivity (Wildman–Crippen MR) is 124 cm³/mol. The van der Waals surface area contributed by atoms with Crippen LogP contribution in [0.3, 0.4) is 0 Å². The van der Waals surface area contributed by atoms with Crippen LogP contribution >= 0.6 is 0 Å². The van der Waals surface area contributed by atoms with Gasteiger partial charge in [-0.25, -0.2) is 9.13 Å². The topological polar surface area (TPSA) is 51.9 Å². The third kappa shape index (κ3) is 5.57. The molecule has 1 fully saturated rings. The Labute approximate surface area is 221 Å². The van der Waals surface area contributed by atoms with Crippen LogP contribution in [0.25, 0.3) is 0 Å². The summed E-state index contributed by atoms with van der Waals surface area (Å²) in [5.41, 5.74) is 7.03. The lowest BCUT2D eigenvalue weighted by molar-refractivity contribution is -0.703. The highest BCUT2D eigenvalue weighted by atomic mass is 127. The van der Waals surface area contributed by atoms with Crippen molar-refractivity contribution in [1.82, 2.24) is 4.57 Å². The van der Waals surface area contributed by atoms with E-state index < -0.39 is 18.0 Å². The molecule has 8 heteroatoms. The molecule has 2 unspecified atom stereocenters. The van der Waals surface area contributed by atoms with E-state index in [1.807, 2.05) is 84.5 Å². The summed E-state index contributed by atoms with van der Waals surface area (Å²) in [4.78, 5) is 13.2. The van der Waals surface area contributed by atoms with E-state index in [1.54, 1.807) is 0 Å². The maximum atomic E-state index is 13.2. The zero-order valence-corrected chi connectivity index (χ0v) is 21.9. The second-order valence-electron chi connectivity index (χ2n) is 9.23. The van der Waals surface area contributed by atoms with Crippen molar-refractivity contribution < 1.29 is 46.5 Å². The third-order valence-corrected chi connectivity index (χ3v) is 7.31. The summed E-state index contributed by atoms with van der Waals surface area (Å²) < 4.78 is 41.7. The minimum atomic E-state index is -4.14. The van der Waals surface area contributed by atoms with E-state index in [0.717, 1.165) is 36.2 Å². The SMILES string of the molecule is Cc1n(C2CCC(C(C(N)=O)(c3ccccc3)c3ccccc3)C2)cc[n+]1CCCC(F)(F)F.[I-]. The first-order valence-electron chi connectivity index (χ1n) is 11.8. The first kappa shape index (κ1) is 27.2. The maximum Gasteiger partial charge on any atom is 0.389 e. The van der Waals surface area contributed by atoms with Gasteiger partial charge in [-0.05, 0) is 42.7 Å². The molecule has 1 amide bonds. The second-order valence-corrected chi connectivity index (χ2v) is 9.23. The van der Waals surface area contributed by atoms with Crippen LogP contribution in [0.15, 0.2) is 73.1 Å². The molecule has 0 aliphatic heterocycles. The fourth-order valence-corrected chi connectivity index (χ4v) is 5.72. The number of benzene rings is 2. The van der Waals surface area contributed by atoms with Gasteiger partial charge in [-0.2, -0.15) is 13.2 Å². The molecule has 0 bridgehead atoms. The first-order chi connectivity index (χ1) is 16.2. The van der Waals surface area contributed by atoms with Crippen molar-refractivity contribution >= 4 is 5.91 Å². The zero-order valence-electron chi connectivity index (χ0n) is 19.7. The van der Waals surface area contributed by atoms with Gasteiger partial charge in [-0.1, -0.05) is 60.7 Å². The van der Waals surface area contributed by atoms with E-state index in [4.69, 9.17) is 5.73 Å². The molecule has 2 N–H and O–H groups in total. The van der Waals surface area contributed by atoms with Crippen LogP contribution < -0.4 is 34.3 Å². The number of carbonyl (C=O) groups is 1. The third-order valence-electron chi connectivity index (χ3n) is 7.31. The average molecular weight is 597 g/mol. The Morgan fingerprint density at radius 1 is 1.03 bits per heavy atom. The monoisotopic (exact) mass is 597 g/mol. The Balaban J connectivity index is 0.00000342. The number of hydrogen-bond donors (Lipinski definition) is 1. The van der Waals surface area contributed by atoms with E-state index in [1.165, 1.54) is 0 Å². The van der Waals surface area contributed by atoms with Crippen molar-refractivity contribution in [2.45, 2.75) is 63.2 Å². The molecule has 0 spiro atoms. The molecule has 1 heterocycles. The molecular formula is C27H31F3IN3O. The standard InChI is InChI=1S/C27H30F3N3O.HI/c1-20-32(16-8-15-26(28,29)30)17-18-33(20)24-14-13-23(19-24)27(25(31)34,21-9-4-2-5-10-21)22-11-6-3-7-12-22;/h2-7,9-12,17-18,23-24H,8,13-16,19H2,1H3,(H-,31,34);1H. The maximum absolute atomic E-state index is 13.2. The van der Waals surface area contributed by atoms with E-state index in [-0.39, 0.29) is 48.3 Å². The van der Waals surface area contributed by atoms with E-state index in [0.29, 0.717) is 6.54 Å². The van der Waals surface area contributed by atoms with Crippen LogP contribution in [-0.2, 0) is 16.8 Å². The Morgan fingerprint density at radius 3 is 2.11 bits per heavy atom. The number of halogens is 4. The zero-order chi connectivity index (χ0) is 24.3. The first-order valence-corrected chi connectivity index (χ1v) is 11.8. The number of alkyl halides is 3. The number of nitrogens with two attached hydrogens (primary N) is 1. The quantitative estimate of drug-likeness (QED) is 0.315. The number of primary amides is 1. The molecule has 4 nitrogen and oxygen atoms in total. The number of imidazole rings is 1. The van der Waals surface area contributed by atoms with Crippen molar-refractivity contribution in [3.05, 3.63) is 90.0 Å². The van der Waals surface area contributed by atoms with Gasteiger partial charge in [0.25, 0.3) is 5.82 Å². The van der Waals surface area contributed by atoms with Crippen molar-refractivity contribution in [1.29, 1.82) is 0 Å². The van der Waals surface area contributed by atoms with Gasteiger partial charge >= 0.3 is 6.18 Å². The van der Waals surface area contributed by atoms with Crippen LogP contribution in [-0.4, -0.2) is 16.7 Å². The highest BCUT2D eigenvalue weighted by Crippen LogP contribution is 2.49. The van der Waals surface area contributed by atoms with Crippen LogP contribution in [0.1, 0.15) is 55.1 Å². The van der Waals surface area contributed by atoms with Crippen LogP contribution in [0.2, 0.25) is 0 Å². The largest absolute Gasteiger partial charge is 1.00 e. The van der Waals surface area contributed by atoms with Gasteiger partial charge in [0, 0.05) is 13.3 Å². The van der Waals surface area contributed by atoms with E-state index >= 15 is 0 Å². The van der Waals surface area contributed by atoms with Gasteiger partial charge in [-0.3, -0.25) is 4.79 Å². The fraction of sp³-hybridized carbons (Fsp3) is 0.407. The lowest BCUT2D eigenvalue weighted by Gasteiger charge is -2.37. The molecule has 3 aromatic rings. The Hall–Kier alpha value is -2.36. The summed E-state index contributed by atoms with van der Waals surface area (Å²) in [5, 5.41) is 0. The average Bonchev–Trinajstić information content (AvgIpc) is 3.42. The molecule has 188 valence electrons. The Kier molecular flexibility index (Phi) is 8.67. The molecule has 1 aliphatic carbocycles. The predicted octanol–water partition coefficient (Wildman–Crippen LogP) is 2.24. The van der Waals surface area contributed by atoms with Gasteiger partial charge in [-0.15, -0.1) is 0 Å². The summed E-state index contributed by atoms with van der Waals surface area (Å²) in [5.74, 6) is 0.569. The molecule has 2 aromatic carbocycles. The summed E-state index contributed by atoms with van der Waals surface area (Å²) in [6, 6.07) is 19.6. The number of hydrogen-bond acceptors (Lipinski definition) is 1. The highest BCUT2D eigenvalue weighted by molar-refractivity contribution is 5.91. The molecule has 35 heavy (non-hydrogen) atoms. The summed E-state index contributed by atoms with van der Waals surface area (Å²) >= 11 is 0. The smallest absolute Gasteiger partial charge is 0.389 e. The normalized spacial score (nSPS) is 18.3. The molecule has 4 rings (SSSR count). The van der Waals surface area contributed by atoms with E-state index in [2.05, 4.69) is 4.57 Å². The van der Waals surface area contributed by atoms with Crippen LogP contribution in [0.5, 0.6) is 0 Å². The van der Waals surface area contributed by atoms with Crippen LogP contribution in [0.4, 0.5) is 13.2 Å². The molecular weight excluding hydrogens is 566 g/mol. The van der Waals surface area contributed by atoms with Crippen molar-refractivity contribution in [2.75, 3.05) is 0 Å². The Bertz CT molecular complexity index is 1080. The lowest BCUT2D eigenvalue weighted by Crippen LogP contribution is -3.00. The number of aryl methyl sites for hydroxylation is 1. The summed E-state index contributed by atoms with van der Waals surface area (Å²) in [7, 11) is 0. The number of amides is 1. The molecule has 1 aromatic heterocycles. The molecule has 1 saturated carbocycles. The molecule has 0 radical (unpaired) electrons. The fourth-order valence-electron chi connectivity index (χ4n) is 5.72. The molecule has 1 aliphatic rings. The van der Waals surface area contributed by atoms with Gasteiger partial charge in [0.05, 0.1) is 6.54 Å². The van der Waals surface area contributed by atoms with Gasteiger partial charge in [0.1, 0.15) is 23.9 Å². The van der Waals surface area contributed by atoms with Crippen molar-refractivity contribution in [3.63, 3.8) is 0 Å². The molecule has 0 saturated heterocycles. The van der Waals surface area contributed by atoms with Gasteiger partial charge < -0.3 is 29.7 Å². The lowest BCUT2D eigenvalue weighted by atomic mass is 9.64. The van der Waals surface area contributed by atoms with Crippen molar-refractivity contribution in [3.8, 4) is 0 Å². The minimum Gasteiger partial charge on any atom is -1.00 e. The van der Waals surface area contributed by atoms with E-state index in [9.17, 15) is 18.0 Å². The highest BCUT2D eigenvalue weighted by Gasteiger charge is 2.51. The van der Waals surface area contributed by atoms with Crippen molar-refractivity contribution in [2.24, 2.45) is 11.7 Å². The summed E-state index contributed by atoms with van der Waals surface area (Å²) in [6.45, 7) is 2.27. The number of nitrogens with zero attached hydrogens (tertiary/aromatic N) is 2. The molecule has 2 atom stereocenters. The van der Waals surface area contributed by atoms with Crippen LogP contribution in [0, 0.1) is 12.8 Å². The van der Waals surface area contributed by atoms with Gasteiger partial charge in [0.2, 0.25) is 5.91 Å². The summed E-state index contributed by atoms with van der Waals surface area (Å²) in [6.07, 6.45) is 1.39. The number of carbonyl (C=O) groups excluding carboxylic acids is 1. The number of rotatable bonds is 8. The van der Waals surface area contributed by atoms with Gasteiger partial charge in [0.15, 0.2) is 0 Å². The Morgan fingerprint density at radius 2 is 1.60 bits per heavy atom. The number of aromatic nitrogens is 2.